The van der Waals surface area contributed by atoms with Gasteiger partial charge in [-0.15, -0.1) is 0 Å². The fourth-order valence-corrected chi connectivity index (χ4v) is 2.31. The number of halogens is 1. The van der Waals surface area contributed by atoms with Crippen molar-refractivity contribution in [3.8, 4) is 5.75 Å². The molecule has 0 aliphatic rings. The van der Waals surface area contributed by atoms with Crippen LogP contribution in [0.1, 0.15) is 30.9 Å². The molecule has 0 bridgehead atoms. The van der Waals surface area contributed by atoms with Crippen molar-refractivity contribution in [1.82, 2.24) is 0 Å². The van der Waals surface area contributed by atoms with E-state index in [1.165, 1.54) is 0 Å². The molecule has 25 heavy (non-hydrogen) atoms. The number of hydrogen-bond acceptors (Lipinski definition) is 3. The van der Waals surface area contributed by atoms with E-state index in [4.69, 9.17) is 21.4 Å². The van der Waals surface area contributed by atoms with E-state index >= 15 is 0 Å². The zero-order valence-corrected chi connectivity index (χ0v) is 15.0. The molecular weight excluding hydrogens is 342 g/mol. The van der Waals surface area contributed by atoms with Crippen molar-refractivity contribution in [2.75, 3.05) is 5.32 Å². The summed E-state index contributed by atoms with van der Waals surface area (Å²) in [5.41, 5.74) is 2.12. The van der Waals surface area contributed by atoms with E-state index < -0.39 is 18.0 Å². The first-order chi connectivity index (χ1) is 11.8. The van der Waals surface area contributed by atoms with Crippen LogP contribution < -0.4 is 10.1 Å². The number of hydrogen-bond donors (Lipinski definition) is 2. The molecule has 0 aliphatic heterocycles. The van der Waals surface area contributed by atoms with Crippen molar-refractivity contribution in [2.45, 2.75) is 32.8 Å². The Morgan fingerprint density at radius 1 is 1.12 bits per heavy atom. The molecule has 5 nitrogen and oxygen atoms in total. The van der Waals surface area contributed by atoms with Crippen LogP contribution in [0.4, 0.5) is 5.69 Å². The Morgan fingerprint density at radius 3 is 2.32 bits per heavy atom. The number of carbonyl (C=O) groups is 2. The van der Waals surface area contributed by atoms with Crippen LogP contribution >= 0.6 is 11.6 Å². The second-order valence-corrected chi connectivity index (χ2v) is 6.25. The van der Waals surface area contributed by atoms with Gasteiger partial charge in [0.25, 0.3) is 5.91 Å². The quantitative estimate of drug-likeness (QED) is 0.806. The number of ether oxygens (including phenoxy) is 1. The normalized spacial score (nSPS) is 13.0. The Labute approximate surface area is 151 Å². The summed E-state index contributed by atoms with van der Waals surface area (Å²) >= 11 is 5.97. The maximum atomic E-state index is 12.2. The highest BCUT2D eigenvalue weighted by Gasteiger charge is 2.16. The van der Waals surface area contributed by atoms with Gasteiger partial charge in [-0.05, 0) is 62.2 Å². The molecule has 0 radical (unpaired) electrons. The Hall–Kier alpha value is -2.53. The summed E-state index contributed by atoms with van der Waals surface area (Å²) < 4.78 is 5.63. The lowest BCUT2D eigenvalue weighted by atomic mass is 10.0. The maximum absolute atomic E-state index is 12.2. The van der Waals surface area contributed by atoms with E-state index in [0.29, 0.717) is 22.0 Å². The average molecular weight is 362 g/mol. The van der Waals surface area contributed by atoms with Gasteiger partial charge >= 0.3 is 5.97 Å². The second-order valence-electron chi connectivity index (χ2n) is 5.84. The number of aliphatic carboxylic acids is 1. The van der Waals surface area contributed by atoms with E-state index in [1.54, 1.807) is 56.3 Å². The molecule has 0 fully saturated rings. The van der Waals surface area contributed by atoms with Crippen LogP contribution in [0.5, 0.6) is 5.75 Å². The highest BCUT2D eigenvalue weighted by molar-refractivity contribution is 6.31. The van der Waals surface area contributed by atoms with Gasteiger partial charge in [0.15, 0.2) is 6.10 Å². The van der Waals surface area contributed by atoms with Gasteiger partial charge in [0.05, 0.1) is 5.92 Å². The van der Waals surface area contributed by atoms with Gasteiger partial charge in [-0.25, -0.2) is 0 Å². The number of carbonyl (C=O) groups excluding carboxylic acids is 1. The van der Waals surface area contributed by atoms with Gasteiger partial charge in [0, 0.05) is 10.7 Å². The number of rotatable bonds is 6. The van der Waals surface area contributed by atoms with Gasteiger partial charge in [-0.2, -0.15) is 0 Å². The zero-order chi connectivity index (χ0) is 18.6. The summed E-state index contributed by atoms with van der Waals surface area (Å²) in [4.78, 5) is 23.2. The highest BCUT2D eigenvalue weighted by atomic mass is 35.5. The third-order valence-corrected chi connectivity index (χ3v) is 4.28. The van der Waals surface area contributed by atoms with E-state index in [1.807, 2.05) is 6.92 Å². The maximum Gasteiger partial charge on any atom is 0.310 e. The van der Waals surface area contributed by atoms with Gasteiger partial charge in [-0.1, -0.05) is 23.7 Å². The lowest BCUT2D eigenvalue weighted by Gasteiger charge is -2.16. The molecule has 0 spiro atoms. The molecule has 1 amide bonds. The van der Waals surface area contributed by atoms with Crippen molar-refractivity contribution < 1.29 is 19.4 Å². The number of carboxylic acid groups (broad SMARTS) is 1. The molecule has 0 saturated heterocycles. The standard InChI is InChI=1S/C19H20ClNO4/c1-11-10-16(8-9-17(11)20)25-13(3)18(22)21-15-6-4-14(5-7-15)12(2)19(23)24/h4-10,12-13H,1-3H3,(H,21,22)(H,23,24). The first-order valence-electron chi connectivity index (χ1n) is 7.84. The number of aryl methyl sites for hydroxylation is 1. The largest absolute Gasteiger partial charge is 0.481 e. The molecule has 0 aromatic heterocycles. The first kappa shape index (κ1) is 18.8. The molecule has 0 saturated carbocycles. The van der Waals surface area contributed by atoms with Crippen molar-refractivity contribution in [3.05, 3.63) is 58.6 Å². The van der Waals surface area contributed by atoms with Crippen LogP contribution in [0.15, 0.2) is 42.5 Å². The average Bonchev–Trinajstić information content (AvgIpc) is 2.58. The first-order valence-corrected chi connectivity index (χ1v) is 8.22. The third kappa shape index (κ3) is 4.97. The number of carboxylic acids is 1. The molecule has 2 aromatic carbocycles. The molecule has 0 heterocycles. The topological polar surface area (TPSA) is 75.6 Å². The van der Waals surface area contributed by atoms with Gasteiger partial charge in [0.1, 0.15) is 5.75 Å². The highest BCUT2D eigenvalue weighted by Crippen LogP contribution is 2.22. The minimum atomic E-state index is -0.892. The predicted octanol–water partition coefficient (Wildman–Crippen LogP) is 4.24. The summed E-state index contributed by atoms with van der Waals surface area (Å²) in [5, 5.41) is 12.4. The summed E-state index contributed by atoms with van der Waals surface area (Å²) in [6.07, 6.45) is -0.696. The number of amides is 1. The summed E-state index contributed by atoms with van der Waals surface area (Å²) in [6, 6.07) is 11.9. The fraction of sp³-hybridized carbons (Fsp3) is 0.263. The van der Waals surface area contributed by atoms with Crippen LogP contribution in [-0.4, -0.2) is 23.1 Å². The molecule has 2 unspecified atom stereocenters. The van der Waals surface area contributed by atoms with E-state index in [9.17, 15) is 9.59 Å². The third-order valence-electron chi connectivity index (χ3n) is 3.86. The molecule has 2 N–H and O–H groups in total. The minimum absolute atomic E-state index is 0.299. The Balaban J connectivity index is 1.98. The zero-order valence-electron chi connectivity index (χ0n) is 14.2. The fourth-order valence-electron chi connectivity index (χ4n) is 2.19. The Kier molecular flexibility index (Phi) is 6.04. The number of anilines is 1. The van der Waals surface area contributed by atoms with Crippen LogP contribution in [0.2, 0.25) is 5.02 Å². The molecule has 2 aromatic rings. The lowest BCUT2D eigenvalue weighted by Crippen LogP contribution is -2.30. The second kappa shape index (κ2) is 8.03. The van der Waals surface area contributed by atoms with Crippen LogP contribution in [-0.2, 0) is 9.59 Å². The van der Waals surface area contributed by atoms with Gasteiger partial charge in [0.2, 0.25) is 0 Å². The van der Waals surface area contributed by atoms with E-state index in [2.05, 4.69) is 5.32 Å². The molecular formula is C19H20ClNO4. The molecule has 2 atom stereocenters. The Morgan fingerprint density at radius 2 is 1.76 bits per heavy atom. The summed E-state index contributed by atoms with van der Waals surface area (Å²) in [5.74, 6) is -1.22. The van der Waals surface area contributed by atoms with Crippen LogP contribution in [0.3, 0.4) is 0 Å². The van der Waals surface area contributed by atoms with Crippen LogP contribution in [0.25, 0.3) is 0 Å². The van der Waals surface area contributed by atoms with Crippen molar-refractivity contribution in [1.29, 1.82) is 0 Å². The molecule has 0 aliphatic carbocycles. The Bertz CT molecular complexity index is 773. The van der Waals surface area contributed by atoms with E-state index in [0.717, 1.165) is 5.56 Å². The minimum Gasteiger partial charge on any atom is -0.481 e. The molecule has 2 rings (SSSR count). The SMILES string of the molecule is Cc1cc(OC(C)C(=O)Nc2ccc(C(C)C(=O)O)cc2)ccc1Cl. The van der Waals surface area contributed by atoms with Crippen molar-refractivity contribution in [3.63, 3.8) is 0 Å². The smallest absolute Gasteiger partial charge is 0.310 e. The predicted molar refractivity (Wildman–Crippen MR) is 97.4 cm³/mol. The molecule has 6 heteroatoms. The summed E-state index contributed by atoms with van der Waals surface area (Å²) in [7, 11) is 0. The van der Waals surface area contributed by atoms with Crippen molar-refractivity contribution in [2.24, 2.45) is 0 Å². The molecule has 132 valence electrons. The summed E-state index contributed by atoms with van der Waals surface area (Å²) in [6.45, 7) is 5.12. The monoisotopic (exact) mass is 361 g/mol. The van der Waals surface area contributed by atoms with E-state index in [-0.39, 0.29) is 5.91 Å². The number of benzene rings is 2. The lowest BCUT2D eigenvalue weighted by molar-refractivity contribution is -0.138. The number of nitrogens with one attached hydrogen (secondary N) is 1. The van der Waals surface area contributed by atoms with Crippen LogP contribution in [0, 0.1) is 6.92 Å². The van der Waals surface area contributed by atoms with Gasteiger partial charge in [-0.3, -0.25) is 9.59 Å². The van der Waals surface area contributed by atoms with Crippen molar-refractivity contribution >= 4 is 29.2 Å². The van der Waals surface area contributed by atoms with Gasteiger partial charge < -0.3 is 15.2 Å².